The minimum atomic E-state index is -1.09. The highest BCUT2D eigenvalue weighted by atomic mass is 79.9. The van der Waals surface area contributed by atoms with Crippen LogP contribution in [0, 0.1) is 0 Å². The molecule has 3 N–H and O–H groups in total. The number of aliphatic hydroxyl groups excluding tert-OH is 2. The Balaban J connectivity index is 2.06. The van der Waals surface area contributed by atoms with Gasteiger partial charge in [0.05, 0.1) is 0 Å². The van der Waals surface area contributed by atoms with Gasteiger partial charge in [0.15, 0.2) is 6.61 Å². The standard InChI is InChI=1S/C16H15BrO5/c17-12-5-1-10(2-6-12)15(20)16(21)11-3-7-13(8-4-11)22-9-14(18)19/h1-8,15-16,20-21H,9H2,(H,18,19). The summed E-state index contributed by atoms with van der Waals surface area (Å²) in [4.78, 5) is 10.4. The van der Waals surface area contributed by atoms with Gasteiger partial charge in [0.25, 0.3) is 0 Å². The number of carboxylic acid groups (broad SMARTS) is 1. The molecular formula is C16H15BrO5. The maximum absolute atomic E-state index is 10.4. The maximum Gasteiger partial charge on any atom is 0.341 e. The van der Waals surface area contributed by atoms with Gasteiger partial charge in [0.1, 0.15) is 18.0 Å². The van der Waals surface area contributed by atoms with Crippen molar-refractivity contribution in [2.75, 3.05) is 6.61 Å². The fourth-order valence-corrected chi connectivity index (χ4v) is 2.20. The molecule has 2 unspecified atom stereocenters. The average Bonchev–Trinajstić information content (AvgIpc) is 2.53. The van der Waals surface area contributed by atoms with Crippen molar-refractivity contribution in [2.45, 2.75) is 12.2 Å². The van der Waals surface area contributed by atoms with E-state index in [4.69, 9.17) is 9.84 Å². The van der Waals surface area contributed by atoms with E-state index in [1.165, 1.54) is 0 Å². The topological polar surface area (TPSA) is 87.0 Å². The monoisotopic (exact) mass is 366 g/mol. The van der Waals surface area contributed by atoms with Crippen molar-refractivity contribution in [3.63, 3.8) is 0 Å². The first-order chi connectivity index (χ1) is 10.5. The molecule has 2 aromatic carbocycles. The molecule has 0 aromatic heterocycles. The minimum Gasteiger partial charge on any atom is -0.482 e. The number of aliphatic carboxylic acids is 1. The molecule has 6 heteroatoms. The van der Waals surface area contributed by atoms with Crippen LogP contribution in [0.1, 0.15) is 23.3 Å². The summed E-state index contributed by atoms with van der Waals surface area (Å²) in [7, 11) is 0. The van der Waals surface area contributed by atoms with E-state index in [2.05, 4.69) is 15.9 Å². The third-order valence-corrected chi connectivity index (χ3v) is 3.62. The summed E-state index contributed by atoms with van der Waals surface area (Å²) >= 11 is 3.31. The number of hydrogen-bond donors (Lipinski definition) is 3. The first-order valence-corrected chi connectivity index (χ1v) is 7.33. The lowest BCUT2D eigenvalue weighted by Crippen LogP contribution is -2.11. The van der Waals surface area contributed by atoms with Gasteiger partial charge in [-0.15, -0.1) is 0 Å². The number of ether oxygens (including phenoxy) is 1. The van der Waals surface area contributed by atoms with E-state index in [1.807, 2.05) is 0 Å². The van der Waals surface area contributed by atoms with Crippen LogP contribution in [0.5, 0.6) is 5.75 Å². The second kappa shape index (κ2) is 7.40. The molecular weight excluding hydrogens is 352 g/mol. The van der Waals surface area contributed by atoms with Crippen molar-refractivity contribution in [1.82, 2.24) is 0 Å². The predicted molar refractivity (Wildman–Crippen MR) is 83.6 cm³/mol. The summed E-state index contributed by atoms with van der Waals surface area (Å²) in [5, 5.41) is 29.0. The molecule has 2 aromatic rings. The van der Waals surface area contributed by atoms with Crippen molar-refractivity contribution in [2.24, 2.45) is 0 Å². The third-order valence-electron chi connectivity index (χ3n) is 3.09. The average molecular weight is 367 g/mol. The van der Waals surface area contributed by atoms with Gasteiger partial charge in [-0.25, -0.2) is 4.79 Å². The van der Waals surface area contributed by atoms with Crippen LogP contribution in [0.4, 0.5) is 0 Å². The van der Waals surface area contributed by atoms with Crippen LogP contribution in [0.15, 0.2) is 53.0 Å². The molecule has 0 aliphatic heterocycles. The van der Waals surface area contributed by atoms with Crippen molar-refractivity contribution in [3.8, 4) is 5.75 Å². The number of hydrogen-bond acceptors (Lipinski definition) is 4. The van der Waals surface area contributed by atoms with Crippen molar-refractivity contribution >= 4 is 21.9 Å². The van der Waals surface area contributed by atoms with E-state index in [1.54, 1.807) is 48.5 Å². The first kappa shape index (κ1) is 16.5. The van der Waals surface area contributed by atoms with Crippen LogP contribution in [0.25, 0.3) is 0 Å². The van der Waals surface area contributed by atoms with E-state index in [9.17, 15) is 15.0 Å². The minimum absolute atomic E-state index is 0.386. The lowest BCUT2D eigenvalue weighted by Gasteiger charge is -2.19. The number of benzene rings is 2. The molecule has 5 nitrogen and oxygen atoms in total. The van der Waals surface area contributed by atoms with E-state index in [0.29, 0.717) is 16.9 Å². The van der Waals surface area contributed by atoms with Crippen molar-refractivity contribution in [1.29, 1.82) is 0 Å². The van der Waals surface area contributed by atoms with Crippen LogP contribution < -0.4 is 4.74 Å². The highest BCUT2D eigenvalue weighted by molar-refractivity contribution is 9.10. The zero-order chi connectivity index (χ0) is 16.1. The maximum atomic E-state index is 10.4. The molecule has 116 valence electrons. The Labute approximate surface area is 135 Å². The molecule has 0 bridgehead atoms. The lowest BCUT2D eigenvalue weighted by molar-refractivity contribution is -0.139. The molecule has 0 aliphatic rings. The Morgan fingerprint density at radius 1 is 0.955 bits per heavy atom. The summed E-state index contributed by atoms with van der Waals surface area (Å²) < 4.78 is 5.90. The molecule has 0 aliphatic carbocycles. The molecule has 22 heavy (non-hydrogen) atoms. The predicted octanol–water partition coefficient (Wildman–Crippen LogP) is 2.68. The molecule has 0 saturated carbocycles. The fourth-order valence-electron chi connectivity index (χ4n) is 1.93. The SMILES string of the molecule is O=C(O)COc1ccc(C(O)C(O)c2ccc(Br)cc2)cc1. The Morgan fingerprint density at radius 3 is 1.86 bits per heavy atom. The summed E-state index contributed by atoms with van der Waals surface area (Å²) in [6.45, 7) is -0.427. The number of aliphatic hydroxyl groups is 2. The normalized spacial score (nSPS) is 13.4. The third kappa shape index (κ3) is 4.30. The fraction of sp³-hybridized carbons (Fsp3) is 0.188. The smallest absolute Gasteiger partial charge is 0.341 e. The summed E-state index contributed by atoms with van der Waals surface area (Å²) in [5.74, 6) is -0.675. The van der Waals surface area contributed by atoms with E-state index in [0.717, 1.165) is 4.47 Å². The van der Waals surface area contributed by atoms with Gasteiger partial charge in [-0.2, -0.15) is 0 Å². The first-order valence-electron chi connectivity index (χ1n) is 6.53. The largest absolute Gasteiger partial charge is 0.482 e. The Hall–Kier alpha value is -1.89. The molecule has 2 rings (SSSR count). The molecule has 0 amide bonds. The molecule has 0 spiro atoms. The van der Waals surface area contributed by atoms with Gasteiger partial charge in [-0.3, -0.25) is 0 Å². The van der Waals surface area contributed by atoms with Crippen LogP contribution in [-0.4, -0.2) is 27.9 Å². The van der Waals surface area contributed by atoms with Crippen LogP contribution in [0.3, 0.4) is 0 Å². The summed E-state index contributed by atoms with van der Waals surface area (Å²) in [6.07, 6.45) is -2.14. The molecule has 2 atom stereocenters. The second-order valence-electron chi connectivity index (χ2n) is 4.69. The molecule has 0 saturated heterocycles. The number of rotatable bonds is 6. The number of carboxylic acids is 1. The van der Waals surface area contributed by atoms with Crippen molar-refractivity contribution in [3.05, 3.63) is 64.1 Å². The van der Waals surface area contributed by atoms with Gasteiger partial charge >= 0.3 is 5.97 Å². The molecule has 0 radical (unpaired) electrons. The quantitative estimate of drug-likeness (QED) is 0.731. The number of halogens is 1. The lowest BCUT2D eigenvalue weighted by atomic mass is 9.98. The van der Waals surface area contributed by atoms with E-state index in [-0.39, 0.29) is 0 Å². The Morgan fingerprint density at radius 2 is 1.41 bits per heavy atom. The highest BCUT2D eigenvalue weighted by Crippen LogP contribution is 2.30. The Kier molecular flexibility index (Phi) is 5.54. The van der Waals surface area contributed by atoms with Crippen LogP contribution in [-0.2, 0) is 4.79 Å². The zero-order valence-corrected chi connectivity index (χ0v) is 13.1. The summed E-state index contributed by atoms with van der Waals surface area (Å²) in [6, 6.07) is 13.3. The van der Waals surface area contributed by atoms with E-state index < -0.39 is 24.8 Å². The summed E-state index contributed by atoms with van der Waals surface area (Å²) in [5.41, 5.74) is 1.11. The van der Waals surface area contributed by atoms with Crippen LogP contribution in [0.2, 0.25) is 0 Å². The van der Waals surface area contributed by atoms with Crippen molar-refractivity contribution < 1.29 is 24.9 Å². The van der Waals surface area contributed by atoms with E-state index >= 15 is 0 Å². The Bertz CT molecular complexity index is 624. The van der Waals surface area contributed by atoms with Crippen LogP contribution >= 0.6 is 15.9 Å². The molecule has 0 heterocycles. The van der Waals surface area contributed by atoms with Gasteiger partial charge in [0, 0.05) is 4.47 Å². The highest BCUT2D eigenvalue weighted by Gasteiger charge is 2.20. The van der Waals surface area contributed by atoms with Gasteiger partial charge in [-0.1, -0.05) is 40.2 Å². The molecule has 0 fully saturated rings. The number of carbonyl (C=O) groups is 1. The second-order valence-corrected chi connectivity index (χ2v) is 5.61. The van der Waals surface area contributed by atoms with Gasteiger partial charge in [-0.05, 0) is 35.4 Å². The van der Waals surface area contributed by atoms with Gasteiger partial charge < -0.3 is 20.1 Å². The zero-order valence-electron chi connectivity index (χ0n) is 11.5. The van der Waals surface area contributed by atoms with Gasteiger partial charge in [0.2, 0.25) is 0 Å².